The molecule has 0 saturated carbocycles. The Bertz CT molecular complexity index is 985. The van der Waals surface area contributed by atoms with E-state index >= 15 is 0 Å². The fourth-order valence-electron chi connectivity index (χ4n) is 2.75. The number of anilines is 2. The highest BCUT2D eigenvalue weighted by Gasteiger charge is 2.23. The van der Waals surface area contributed by atoms with E-state index in [1.165, 1.54) is 11.3 Å². The van der Waals surface area contributed by atoms with Crippen LogP contribution in [0.25, 0.3) is 11.3 Å². The smallest absolute Gasteiger partial charge is 0.268 e. The van der Waals surface area contributed by atoms with Crippen molar-refractivity contribution >= 4 is 34.5 Å². The minimum absolute atomic E-state index is 0.00605. The summed E-state index contributed by atoms with van der Waals surface area (Å²) in [6.07, 6.45) is 0. The highest BCUT2D eigenvalue weighted by atomic mass is 32.1. The standard InChI is InChI=1S/C19H15N3O3S/c1-22-14-8-7-13(9-15(14)25-10-16(22)23)21-19(24)18-17(20-11-26-18)12-5-3-2-4-6-12/h2-9,11H,10H2,1H3,(H,21,24). The minimum Gasteiger partial charge on any atom is -0.481 e. The fourth-order valence-corrected chi connectivity index (χ4v) is 3.46. The molecule has 2 heterocycles. The molecule has 0 atom stereocenters. The molecule has 1 aromatic heterocycles. The second-order valence-corrected chi connectivity index (χ2v) is 6.63. The van der Waals surface area contributed by atoms with Crippen LogP contribution in [-0.4, -0.2) is 30.5 Å². The van der Waals surface area contributed by atoms with Gasteiger partial charge in [0.1, 0.15) is 10.6 Å². The van der Waals surface area contributed by atoms with Crippen molar-refractivity contribution in [2.75, 3.05) is 23.9 Å². The van der Waals surface area contributed by atoms with E-state index in [0.29, 0.717) is 27.7 Å². The van der Waals surface area contributed by atoms with Crippen molar-refractivity contribution in [3.8, 4) is 17.0 Å². The number of amides is 2. The molecule has 130 valence electrons. The Morgan fingerprint density at radius 1 is 1.23 bits per heavy atom. The van der Waals surface area contributed by atoms with Gasteiger partial charge in [0.15, 0.2) is 6.61 Å². The number of benzene rings is 2. The van der Waals surface area contributed by atoms with E-state index in [0.717, 1.165) is 5.56 Å². The predicted molar refractivity (Wildman–Crippen MR) is 101 cm³/mol. The molecule has 2 amide bonds. The van der Waals surface area contributed by atoms with E-state index in [1.807, 2.05) is 30.3 Å². The average Bonchev–Trinajstić information content (AvgIpc) is 3.15. The average molecular weight is 365 g/mol. The van der Waals surface area contributed by atoms with Crippen LogP contribution in [0.15, 0.2) is 54.0 Å². The van der Waals surface area contributed by atoms with E-state index < -0.39 is 0 Å². The second kappa shape index (κ2) is 6.61. The maximum atomic E-state index is 12.7. The zero-order chi connectivity index (χ0) is 18.1. The van der Waals surface area contributed by atoms with Crippen molar-refractivity contribution in [2.24, 2.45) is 0 Å². The first-order valence-electron chi connectivity index (χ1n) is 7.97. The molecule has 0 bridgehead atoms. The first-order valence-corrected chi connectivity index (χ1v) is 8.85. The highest BCUT2D eigenvalue weighted by Crippen LogP contribution is 2.34. The molecule has 3 aromatic rings. The van der Waals surface area contributed by atoms with E-state index in [2.05, 4.69) is 10.3 Å². The topological polar surface area (TPSA) is 71.5 Å². The van der Waals surface area contributed by atoms with Crippen molar-refractivity contribution in [1.29, 1.82) is 0 Å². The maximum Gasteiger partial charge on any atom is 0.268 e. The Balaban J connectivity index is 1.59. The fraction of sp³-hybridized carbons (Fsp3) is 0.105. The predicted octanol–water partition coefficient (Wildman–Crippen LogP) is 3.42. The molecule has 0 unspecified atom stereocenters. The van der Waals surface area contributed by atoms with Crippen molar-refractivity contribution in [1.82, 2.24) is 4.98 Å². The summed E-state index contributed by atoms with van der Waals surface area (Å²) in [7, 11) is 1.70. The normalized spacial score (nSPS) is 13.1. The molecule has 26 heavy (non-hydrogen) atoms. The summed E-state index contributed by atoms with van der Waals surface area (Å²) in [5.74, 6) is 0.232. The molecule has 1 aliphatic heterocycles. The number of hydrogen-bond donors (Lipinski definition) is 1. The van der Waals surface area contributed by atoms with Gasteiger partial charge in [0.2, 0.25) is 0 Å². The van der Waals surface area contributed by atoms with Crippen LogP contribution in [0.4, 0.5) is 11.4 Å². The lowest BCUT2D eigenvalue weighted by Crippen LogP contribution is -2.35. The molecule has 2 aromatic carbocycles. The van der Waals surface area contributed by atoms with Crippen LogP contribution in [0.3, 0.4) is 0 Å². The van der Waals surface area contributed by atoms with Gasteiger partial charge in [-0.05, 0) is 12.1 Å². The Morgan fingerprint density at radius 2 is 2.04 bits per heavy atom. The van der Waals surface area contributed by atoms with Crippen molar-refractivity contribution in [2.45, 2.75) is 0 Å². The first-order chi connectivity index (χ1) is 12.6. The van der Waals surface area contributed by atoms with Crippen LogP contribution < -0.4 is 15.0 Å². The largest absolute Gasteiger partial charge is 0.481 e. The molecule has 0 aliphatic carbocycles. The summed E-state index contributed by atoms with van der Waals surface area (Å²) in [6.45, 7) is -0.00605. The van der Waals surface area contributed by atoms with Gasteiger partial charge >= 0.3 is 0 Å². The number of thiazole rings is 1. The summed E-state index contributed by atoms with van der Waals surface area (Å²) in [5, 5.41) is 2.88. The number of carbonyl (C=O) groups is 2. The van der Waals surface area contributed by atoms with Crippen molar-refractivity contribution in [3.05, 3.63) is 58.9 Å². The molecule has 0 fully saturated rings. The van der Waals surface area contributed by atoms with Crippen LogP contribution in [-0.2, 0) is 4.79 Å². The van der Waals surface area contributed by atoms with E-state index in [-0.39, 0.29) is 18.4 Å². The molecule has 1 N–H and O–H groups in total. The van der Waals surface area contributed by atoms with Crippen molar-refractivity contribution < 1.29 is 14.3 Å². The number of likely N-dealkylation sites (N-methyl/N-ethyl adjacent to an activating group) is 1. The van der Waals surface area contributed by atoms with E-state index in [4.69, 9.17) is 4.74 Å². The number of hydrogen-bond acceptors (Lipinski definition) is 5. The molecule has 4 rings (SSSR count). The Labute approximate surface area is 154 Å². The number of nitrogens with one attached hydrogen (secondary N) is 1. The molecule has 7 heteroatoms. The first kappa shape index (κ1) is 16.3. The molecule has 6 nitrogen and oxygen atoms in total. The second-order valence-electron chi connectivity index (χ2n) is 5.77. The number of nitrogens with zero attached hydrogens (tertiary/aromatic N) is 2. The third kappa shape index (κ3) is 2.93. The van der Waals surface area contributed by atoms with Gasteiger partial charge in [-0.25, -0.2) is 4.98 Å². The summed E-state index contributed by atoms with van der Waals surface area (Å²) in [6, 6.07) is 14.8. The Hall–Kier alpha value is -3.19. The lowest BCUT2D eigenvalue weighted by atomic mass is 10.1. The van der Waals surface area contributed by atoms with Crippen LogP contribution >= 0.6 is 11.3 Å². The number of ether oxygens (including phenoxy) is 1. The monoisotopic (exact) mass is 365 g/mol. The lowest BCUT2D eigenvalue weighted by Gasteiger charge is -2.26. The van der Waals surface area contributed by atoms with Gasteiger partial charge in [0.25, 0.3) is 11.8 Å². The number of aromatic nitrogens is 1. The van der Waals surface area contributed by atoms with E-state index in [1.54, 1.807) is 35.7 Å². The minimum atomic E-state index is -0.230. The maximum absolute atomic E-state index is 12.7. The van der Waals surface area contributed by atoms with Gasteiger partial charge in [-0.3, -0.25) is 9.59 Å². The third-order valence-electron chi connectivity index (χ3n) is 4.13. The van der Waals surface area contributed by atoms with Crippen LogP contribution in [0, 0.1) is 0 Å². The quantitative estimate of drug-likeness (QED) is 0.772. The highest BCUT2D eigenvalue weighted by molar-refractivity contribution is 7.12. The molecular formula is C19H15N3O3S. The van der Waals surface area contributed by atoms with Gasteiger partial charge in [-0.15, -0.1) is 11.3 Å². The zero-order valence-corrected chi connectivity index (χ0v) is 14.7. The molecule has 0 saturated heterocycles. The molecule has 0 radical (unpaired) electrons. The zero-order valence-electron chi connectivity index (χ0n) is 13.9. The van der Waals surface area contributed by atoms with Crippen LogP contribution in [0.5, 0.6) is 5.75 Å². The van der Waals surface area contributed by atoms with Gasteiger partial charge in [0, 0.05) is 24.4 Å². The third-order valence-corrected chi connectivity index (χ3v) is 4.95. The number of carbonyl (C=O) groups excluding carboxylic acids is 2. The van der Waals surface area contributed by atoms with Crippen LogP contribution in [0.1, 0.15) is 9.67 Å². The summed E-state index contributed by atoms with van der Waals surface area (Å²) in [4.78, 5) is 30.8. The van der Waals surface area contributed by atoms with E-state index in [9.17, 15) is 9.59 Å². The molecule has 0 spiro atoms. The number of rotatable bonds is 3. The number of fused-ring (bicyclic) bond motifs is 1. The Morgan fingerprint density at radius 3 is 2.85 bits per heavy atom. The summed E-state index contributed by atoms with van der Waals surface area (Å²) >= 11 is 1.29. The Kier molecular flexibility index (Phi) is 4.14. The summed E-state index contributed by atoms with van der Waals surface area (Å²) < 4.78 is 5.46. The van der Waals surface area contributed by atoms with Gasteiger partial charge in [-0.2, -0.15) is 0 Å². The van der Waals surface area contributed by atoms with Gasteiger partial charge in [-0.1, -0.05) is 30.3 Å². The van der Waals surface area contributed by atoms with Gasteiger partial charge < -0.3 is 15.0 Å². The van der Waals surface area contributed by atoms with Crippen LogP contribution in [0.2, 0.25) is 0 Å². The summed E-state index contributed by atoms with van der Waals surface area (Å²) in [5.41, 5.74) is 4.50. The lowest BCUT2D eigenvalue weighted by molar-refractivity contribution is -0.120. The SMILES string of the molecule is CN1C(=O)COc2cc(NC(=O)c3scnc3-c3ccccc3)ccc21. The van der Waals surface area contributed by atoms with Gasteiger partial charge in [0.05, 0.1) is 16.9 Å². The molecule has 1 aliphatic rings. The molecular weight excluding hydrogens is 350 g/mol. The van der Waals surface area contributed by atoms with Crippen molar-refractivity contribution in [3.63, 3.8) is 0 Å².